The Kier molecular flexibility index (Phi) is 7.51. The Hall–Kier alpha value is -3.52. The van der Waals surface area contributed by atoms with Gasteiger partial charge in [-0.2, -0.15) is 9.97 Å². The maximum atomic E-state index is 11.9. The summed E-state index contributed by atoms with van der Waals surface area (Å²) in [5.41, 5.74) is 6.20. The van der Waals surface area contributed by atoms with Crippen LogP contribution in [0.1, 0.15) is 33.9 Å². The minimum absolute atomic E-state index is 0.00323. The first kappa shape index (κ1) is 25.1. The van der Waals surface area contributed by atoms with E-state index in [-0.39, 0.29) is 22.3 Å². The fourth-order valence-electron chi connectivity index (χ4n) is 3.54. The molecule has 0 aliphatic carbocycles. The van der Waals surface area contributed by atoms with E-state index in [9.17, 15) is 19.2 Å². The van der Waals surface area contributed by atoms with Gasteiger partial charge in [0.1, 0.15) is 18.2 Å². The lowest BCUT2D eigenvalue weighted by molar-refractivity contribution is -0.177. The zero-order valence-corrected chi connectivity index (χ0v) is 19.3. The van der Waals surface area contributed by atoms with E-state index >= 15 is 0 Å². The molecule has 15 heteroatoms. The first-order valence-corrected chi connectivity index (χ1v) is 10.3. The van der Waals surface area contributed by atoms with Crippen LogP contribution >= 0.6 is 11.6 Å². The standard InChI is InChI=1S/C19H22ClN5O9/c1-7(26)30-5-11(31-8(2)27)13-14(32-9(3)28)15(33-10(4)29)18(34-13)25-6-22-12-16(21)23-19(20)24-17(12)25/h6,11,13-15,18H,5H2,1-4H3,(H2,21,23,24)/t11-,13-,14-,15-,18-/m1/s1. The minimum Gasteiger partial charge on any atom is -0.462 e. The average molecular weight is 500 g/mol. The van der Waals surface area contributed by atoms with Crippen molar-refractivity contribution in [2.75, 3.05) is 12.3 Å². The fraction of sp³-hybridized carbons (Fsp3) is 0.526. The Bertz CT molecular complexity index is 1120. The van der Waals surface area contributed by atoms with Crippen LogP contribution in [0.25, 0.3) is 11.2 Å². The highest BCUT2D eigenvalue weighted by Gasteiger charge is 2.54. The zero-order chi connectivity index (χ0) is 25.2. The summed E-state index contributed by atoms with van der Waals surface area (Å²) in [6, 6.07) is 0. The fourth-order valence-corrected chi connectivity index (χ4v) is 3.71. The molecule has 0 saturated carbocycles. The average Bonchev–Trinajstić information content (AvgIpc) is 3.26. The largest absolute Gasteiger partial charge is 0.462 e. The van der Waals surface area contributed by atoms with Gasteiger partial charge in [0.2, 0.25) is 5.28 Å². The van der Waals surface area contributed by atoms with Crippen molar-refractivity contribution in [3.05, 3.63) is 11.6 Å². The van der Waals surface area contributed by atoms with Crippen LogP contribution in [0.15, 0.2) is 6.33 Å². The number of ether oxygens (including phenoxy) is 5. The zero-order valence-electron chi connectivity index (χ0n) is 18.6. The number of carbonyl (C=O) groups is 4. The summed E-state index contributed by atoms with van der Waals surface area (Å²) in [6.45, 7) is 4.19. The summed E-state index contributed by atoms with van der Waals surface area (Å²) >= 11 is 5.94. The number of rotatable bonds is 7. The topological polar surface area (TPSA) is 184 Å². The number of fused-ring (bicyclic) bond motifs is 1. The number of aromatic nitrogens is 4. The number of esters is 4. The van der Waals surface area contributed by atoms with E-state index in [0.29, 0.717) is 0 Å². The molecule has 3 rings (SSSR count). The van der Waals surface area contributed by atoms with E-state index in [0.717, 1.165) is 20.8 Å². The lowest BCUT2D eigenvalue weighted by Gasteiger charge is -2.27. The Labute approximate surface area is 197 Å². The summed E-state index contributed by atoms with van der Waals surface area (Å²) in [5.74, 6) is -2.80. The van der Waals surface area contributed by atoms with E-state index in [4.69, 9.17) is 41.0 Å². The second-order valence-electron chi connectivity index (χ2n) is 7.29. The van der Waals surface area contributed by atoms with Crippen molar-refractivity contribution >= 4 is 52.5 Å². The van der Waals surface area contributed by atoms with Crippen molar-refractivity contribution < 1.29 is 42.9 Å². The molecule has 2 aromatic heterocycles. The lowest BCUT2D eigenvalue weighted by Crippen LogP contribution is -2.46. The van der Waals surface area contributed by atoms with Gasteiger partial charge in [0, 0.05) is 27.7 Å². The summed E-state index contributed by atoms with van der Waals surface area (Å²) in [4.78, 5) is 59.0. The molecule has 2 aromatic rings. The quantitative estimate of drug-likeness (QED) is 0.312. The van der Waals surface area contributed by atoms with E-state index in [1.165, 1.54) is 17.8 Å². The molecule has 1 aliphatic rings. The Morgan fingerprint density at radius 2 is 1.71 bits per heavy atom. The molecule has 184 valence electrons. The van der Waals surface area contributed by atoms with Crippen LogP contribution < -0.4 is 5.73 Å². The number of hydrogen-bond donors (Lipinski definition) is 1. The van der Waals surface area contributed by atoms with Gasteiger partial charge in [0.05, 0.1) is 6.33 Å². The summed E-state index contributed by atoms with van der Waals surface area (Å²) in [7, 11) is 0. The van der Waals surface area contributed by atoms with Crippen molar-refractivity contribution in [3.63, 3.8) is 0 Å². The number of nitrogen functional groups attached to an aromatic ring is 1. The Morgan fingerprint density at radius 3 is 2.29 bits per heavy atom. The maximum Gasteiger partial charge on any atom is 0.303 e. The molecule has 1 aliphatic heterocycles. The van der Waals surface area contributed by atoms with Gasteiger partial charge in [-0.05, 0) is 11.6 Å². The number of nitrogens with zero attached hydrogens (tertiary/aromatic N) is 4. The highest BCUT2D eigenvalue weighted by atomic mass is 35.5. The van der Waals surface area contributed by atoms with E-state index in [1.54, 1.807) is 0 Å². The van der Waals surface area contributed by atoms with Crippen LogP contribution in [0.2, 0.25) is 5.28 Å². The van der Waals surface area contributed by atoms with E-state index < -0.39 is 61.1 Å². The molecule has 1 fully saturated rings. The van der Waals surface area contributed by atoms with Crippen LogP contribution in [0.3, 0.4) is 0 Å². The van der Waals surface area contributed by atoms with Crippen LogP contribution in [-0.2, 0) is 42.9 Å². The molecule has 1 saturated heterocycles. The number of anilines is 1. The summed E-state index contributed by atoms with van der Waals surface area (Å²) in [6.07, 6.45) is -4.81. The Balaban J connectivity index is 2.10. The van der Waals surface area contributed by atoms with Crippen molar-refractivity contribution in [2.45, 2.75) is 58.3 Å². The second kappa shape index (κ2) is 10.2. The molecule has 14 nitrogen and oxygen atoms in total. The summed E-state index contributed by atoms with van der Waals surface area (Å²) < 4.78 is 28.5. The molecular formula is C19H22ClN5O9. The molecule has 0 unspecified atom stereocenters. The van der Waals surface area contributed by atoms with Gasteiger partial charge in [0.25, 0.3) is 0 Å². The molecule has 2 N–H and O–H groups in total. The summed E-state index contributed by atoms with van der Waals surface area (Å²) in [5, 5.41) is -0.172. The molecule has 0 radical (unpaired) electrons. The van der Waals surface area contributed by atoms with E-state index in [2.05, 4.69) is 15.0 Å². The number of carbonyl (C=O) groups excluding carboxylic acids is 4. The van der Waals surface area contributed by atoms with Crippen LogP contribution in [0, 0.1) is 0 Å². The van der Waals surface area contributed by atoms with Gasteiger partial charge in [-0.25, -0.2) is 4.98 Å². The predicted octanol–water partition coefficient (Wildman–Crippen LogP) is 0.317. The first-order chi connectivity index (χ1) is 16.0. The van der Waals surface area contributed by atoms with Gasteiger partial charge in [-0.3, -0.25) is 23.7 Å². The van der Waals surface area contributed by atoms with E-state index in [1.807, 2.05) is 0 Å². The normalized spacial score (nSPS) is 22.7. The third-order valence-electron chi connectivity index (χ3n) is 4.66. The molecule has 0 bridgehead atoms. The molecule has 34 heavy (non-hydrogen) atoms. The maximum absolute atomic E-state index is 11.9. The molecular weight excluding hydrogens is 478 g/mol. The smallest absolute Gasteiger partial charge is 0.303 e. The number of halogens is 1. The third kappa shape index (κ3) is 5.51. The highest BCUT2D eigenvalue weighted by molar-refractivity contribution is 6.28. The highest BCUT2D eigenvalue weighted by Crippen LogP contribution is 2.38. The second-order valence-corrected chi connectivity index (χ2v) is 7.63. The SMILES string of the molecule is CC(=O)OC[C@@H](OC(C)=O)[C@H]1O[C@@H](n2cnc3c(N)nc(Cl)nc32)[C@H](OC(C)=O)[C@@H]1OC(C)=O. The first-order valence-electron chi connectivity index (χ1n) is 9.94. The van der Waals surface area contributed by atoms with Gasteiger partial charge in [-0.15, -0.1) is 0 Å². The van der Waals surface area contributed by atoms with Gasteiger partial charge >= 0.3 is 23.9 Å². The molecule has 0 aromatic carbocycles. The van der Waals surface area contributed by atoms with Gasteiger partial charge in [-0.1, -0.05) is 0 Å². The van der Waals surface area contributed by atoms with Crippen molar-refractivity contribution in [2.24, 2.45) is 0 Å². The van der Waals surface area contributed by atoms with Crippen LogP contribution in [-0.4, -0.2) is 74.4 Å². The van der Waals surface area contributed by atoms with Gasteiger partial charge in [0.15, 0.2) is 36.0 Å². The molecule has 3 heterocycles. The van der Waals surface area contributed by atoms with Crippen molar-refractivity contribution in [3.8, 4) is 0 Å². The van der Waals surface area contributed by atoms with Crippen molar-refractivity contribution in [1.82, 2.24) is 19.5 Å². The third-order valence-corrected chi connectivity index (χ3v) is 4.83. The molecule has 0 spiro atoms. The Morgan fingerprint density at radius 1 is 1.06 bits per heavy atom. The number of imidazole rings is 1. The number of nitrogens with two attached hydrogens (primary N) is 1. The minimum atomic E-state index is -1.27. The number of hydrogen-bond acceptors (Lipinski definition) is 13. The van der Waals surface area contributed by atoms with Crippen molar-refractivity contribution in [1.29, 1.82) is 0 Å². The predicted molar refractivity (Wildman–Crippen MR) is 112 cm³/mol. The van der Waals surface area contributed by atoms with Gasteiger partial charge < -0.3 is 29.4 Å². The lowest BCUT2D eigenvalue weighted by atomic mass is 10.0. The van der Waals surface area contributed by atoms with Crippen LogP contribution in [0.5, 0.6) is 0 Å². The molecule has 0 amide bonds. The van der Waals surface area contributed by atoms with Crippen LogP contribution in [0.4, 0.5) is 5.82 Å². The monoisotopic (exact) mass is 499 g/mol. The molecule has 5 atom stereocenters.